The minimum atomic E-state index is -0.207. The molecule has 0 fully saturated rings. The van der Waals surface area contributed by atoms with Gasteiger partial charge >= 0.3 is 0 Å². The topological polar surface area (TPSA) is 89.7 Å². The Kier molecular flexibility index (Phi) is 4.89. The van der Waals surface area contributed by atoms with Gasteiger partial charge in [0.2, 0.25) is 5.91 Å². The Morgan fingerprint density at radius 3 is 2.54 bits per heavy atom. The van der Waals surface area contributed by atoms with E-state index in [1.807, 2.05) is 6.07 Å². The number of carbonyl (C=O) groups is 1. The number of aryl methyl sites for hydroxylation is 1. The van der Waals surface area contributed by atoms with Crippen LogP contribution < -0.4 is 25.1 Å². The number of H-pyrrole nitrogens is 1. The van der Waals surface area contributed by atoms with Crippen molar-refractivity contribution in [1.29, 1.82) is 0 Å². The number of carbonyl (C=O) groups excluding carboxylic acids is 1. The van der Waals surface area contributed by atoms with E-state index < -0.39 is 0 Å². The maximum absolute atomic E-state index is 12.4. The molecule has 28 heavy (non-hydrogen) atoms. The monoisotopic (exact) mass is 380 g/mol. The van der Waals surface area contributed by atoms with Gasteiger partial charge in [0.25, 0.3) is 5.56 Å². The van der Waals surface area contributed by atoms with Crippen molar-refractivity contribution in [1.82, 2.24) is 4.98 Å². The molecule has 0 saturated carbocycles. The van der Waals surface area contributed by atoms with Gasteiger partial charge in [0.15, 0.2) is 11.5 Å². The van der Waals surface area contributed by atoms with Gasteiger partial charge in [0.05, 0.1) is 12.6 Å². The first-order chi connectivity index (χ1) is 13.6. The quantitative estimate of drug-likeness (QED) is 0.710. The van der Waals surface area contributed by atoms with Crippen molar-refractivity contribution in [3.8, 4) is 17.2 Å². The molecule has 2 aromatic carbocycles. The zero-order chi connectivity index (χ0) is 19.5. The second kappa shape index (κ2) is 7.64. The van der Waals surface area contributed by atoms with Gasteiger partial charge in [0.1, 0.15) is 19.0 Å². The second-order valence-corrected chi connectivity index (χ2v) is 6.48. The molecule has 7 heteroatoms. The van der Waals surface area contributed by atoms with Gasteiger partial charge in [-0.15, -0.1) is 0 Å². The van der Waals surface area contributed by atoms with E-state index in [-0.39, 0.29) is 17.9 Å². The Bertz CT molecular complexity index is 1070. The molecule has 144 valence electrons. The molecule has 3 aromatic rings. The Balaban J connectivity index is 1.47. The van der Waals surface area contributed by atoms with Crippen LogP contribution in [0.5, 0.6) is 17.2 Å². The molecule has 1 aliphatic heterocycles. The maximum atomic E-state index is 12.4. The number of amides is 1. The van der Waals surface area contributed by atoms with E-state index in [1.54, 1.807) is 43.5 Å². The SMILES string of the molecule is COc1ccc(NC(=O)CCc2cc3cc4c(cc3[nH]c2=O)OCCO4)cc1. The summed E-state index contributed by atoms with van der Waals surface area (Å²) in [6.45, 7) is 0.990. The van der Waals surface area contributed by atoms with Crippen LogP contribution in [0.3, 0.4) is 0 Å². The maximum Gasteiger partial charge on any atom is 0.251 e. The van der Waals surface area contributed by atoms with E-state index in [9.17, 15) is 9.59 Å². The molecule has 0 unspecified atom stereocenters. The number of methoxy groups -OCH3 is 1. The lowest BCUT2D eigenvalue weighted by atomic mass is 10.1. The van der Waals surface area contributed by atoms with Crippen LogP contribution in [0, 0.1) is 0 Å². The summed E-state index contributed by atoms with van der Waals surface area (Å²) in [5.41, 5.74) is 1.71. The highest BCUT2D eigenvalue weighted by molar-refractivity contribution is 5.91. The minimum Gasteiger partial charge on any atom is -0.497 e. The van der Waals surface area contributed by atoms with Crippen LogP contribution in [-0.4, -0.2) is 31.2 Å². The first-order valence-corrected chi connectivity index (χ1v) is 9.02. The first-order valence-electron chi connectivity index (χ1n) is 9.02. The highest BCUT2D eigenvalue weighted by Crippen LogP contribution is 2.33. The first kappa shape index (κ1) is 17.9. The Labute approximate surface area is 161 Å². The molecule has 0 bridgehead atoms. The number of nitrogens with one attached hydrogen (secondary N) is 2. The summed E-state index contributed by atoms with van der Waals surface area (Å²) in [6.07, 6.45) is 0.535. The van der Waals surface area contributed by atoms with Crippen LogP contribution in [0.15, 0.2) is 47.3 Å². The third-order valence-corrected chi connectivity index (χ3v) is 4.58. The molecule has 1 aliphatic rings. The van der Waals surface area contributed by atoms with E-state index >= 15 is 0 Å². The predicted molar refractivity (Wildman–Crippen MR) is 106 cm³/mol. The molecular weight excluding hydrogens is 360 g/mol. The van der Waals surface area contributed by atoms with E-state index in [4.69, 9.17) is 14.2 Å². The molecule has 0 saturated heterocycles. The number of anilines is 1. The van der Waals surface area contributed by atoms with Crippen molar-refractivity contribution in [2.75, 3.05) is 25.6 Å². The molecule has 0 aliphatic carbocycles. The van der Waals surface area contributed by atoms with Crippen LogP contribution in [0.4, 0.5) is 5.69 Å². The van der Waals surface area contributed by atoms with E-state index in [0.29, 0.717) is 47.9 Å². The fourth-order valence-electron chi connectivity index (χ4n) is 3.12. The van der Waals surface area contributed by atoms with Gasteiger partial charge in [-0.25, -0.2) is 0 Å². The molecule has 2 N–H and O–H groups in total. The zero-order valence-electron chi connectivity index (χ0n) is 15.4. The zero-order valence-corrected chi connectivity index (χ0v) is 15.4. The summed E-state index contributed by atoms with van der Waals surface area (Å²) in [5, 5.41) is 3.66. The smallest absolute Gasteiger partial charge is 0.251 e. The number of aromatic nitrogens is 1. The lowest BCUT2D eigenvalue weighted by molar-refractivity contribution is -0.116. The Hall–Kier alpha value is -3.48. The highest BCUT2D eigenvalue weighted by atomic mass is 16.6. The number of rotatable bonds is 5. The largest absolute Gasteiger partial charge is 0.497 e. The van der Waals surface area contributed by atoms with Crippen LogP contribution in [0.1, 0.15) is 12.0 Å². The summed E-state index contributed by atoms with van der Waals surface area (Å²) in [7, 11) is 1.59. The highest BCUT2D eigenvalue weighted by Gasteiger charge is 2.14. The average molecular weight is 380 g/mol. The summed E-state index contributed by atoms with van der Waals surface area (Å²) in [5.74, 6) is 1.85. The molecule has 0 radical (unpaired) electrons. The van der Waals surface area contributed by atoms with Crippen molar-refractivity contribution in [3.63, 3.8) is 0 Å². The van der Waals surface area contributed by atoms with Gasteiger partial charge in [-0.05, 0) is 42.8 Å². The molecule has 7 nitrogen and oxygen atoms in total. The lowest BCUT2D eigenvalue weighted by Gasteiger charge is -2.18. The van der Waals surface area contributed by atoms with Crippen LogP contribution in [-0.2, 0) is 11.2 Å². The number of aromatic amines is 1. The standard InChI is InChI=1S/C21H20N2O5/c1-26-16-5-3-15(4-6-16)22-20(24)7-2-13-10-14-11-18-19(28-9-8-27-18)12-17(14)23-21(13)25/h3-6,10-12H,2,7-9H2,1H3,(H,22,24)(H,23,25). The Morgan fingerprint density at radius 2 is 1.82 bits per heavy atom. The lowest BCUT2D eigenvalue weighted by Crippen LogP contribution is -2.18. The average Bonchev–Trinajstić information content (AvgIpc) is 2.71. The number of pyridine rings is 1. The van der Waals surface area contributed by atoms with E-state index in [1.165, 1.54) is 0 Å². The van der Waals surface area contributed by atoms with Crippen LogP contribution in [0.2, 0.25) is 0 Å². The summed E-state index contributed by atoms with van der Waals surface area (Å²) >= 11 is 0. The normalized spacial score (nSPS) is 12.6. The summed E-state index contributed by atoms with van der Waals surface area (Å²) in [6, 6.07) is 12.5. The fraction of sp³-hybridized carbons (Fsp3) is 0.238. The van der Waals surface area contributed by atoms with Crippen molar-refractivity contribution in [2.24, 2.45) is 0 Å². The van der Waals surface area contributed by atoms with Gasteiger partial charge in [-0.1, -0.05) is 0 Å². The molecule has 0 atom stereocenters. The molecule has 4 rings (SSSR count). The third kappa shape index (κ3) is 3.78. The van der Waals surface area contributed by atoms with Crippen molar-refractivity contribution < 1.29 is 19.0 Å². The van der Waals surface area contributed by atoms with Gasteiger partial charge < -0.3 is 24.5 Å². The predicted octanol–water partition coefficient (Wildman–Crippen LogP) is 2.88. The van der Waals surface area contributed by atoms with Crippen molar-refractivity contribution in [3.05, 3.63) is 58.4 Å². The number of ether oxygens (including phenoxy) is 3. The van der Waals surface area contributed by atoms with Crippen molar-refractivity contribution >= 4 is 22.5 Å². The molecular formula is C21H20N2O5. The molecule has 1 amide bonds. The second-order valence-electron chi connectivity index (χ2n) is 6.48. The number of hydrogen-bond donors (Lipinski definition) is 2. The third-order valence-electron chi connectivity index (χ3n) is 4.58. The minimum absolute atomic E-state index is 0.160. The number of benzene rings is 2. The fourth-order valence-corrected chi connectivity index (χ4v) is 3.12. The van der Waals surface area contributed by atoms with Gasteiger partial charge in [0, 0.05) is 29.1 Å². The van der Waals surface area contributed by atoms with E-state index in [2.05, 4.69) is 10.3 Å². The van der Waals surface area contributed by atoms with E-state index in [0.717, 1.165) is 11.1 Å². The molecule has 2 heterocycles. The van der Waals surface area contributed by atoms with Gasteiger partial charge in [-0.3, -0.25) is 9.59 Å². The molecule has 1 aromatic heterocycles. The number of fused-ring (bicyclic) bond motifs is 2. The van der Waals surface area contributed by atoms with Gasteiger partial charge in [-0.2, -0.15) is 0 Å². The van der Waals surface area contributed by atoms with Crippen LogP contribution in [0.25, 0.3) is 10.9 Å². The summed E-state index contributed by atoms with van der Waals surface area (Å²) in [4.78, 5) is 27.4. The Morgan fingerprint density at radius 1 is 1.11 bits per heavy atom. The van der Waals surface area contributed by atoms with Crippen molar-refractivity contribution in [2.45, 2.75) is 12.8 Å². The van der Waals surface area contributed by atoms with Crippen LogP contribution >= 0.6 is 0 Å². The number of hydrogen-bond acceptors (Lipinski definition) is 5. The summed E-state index contributed by atoms with van der Waals surface area (Å²) < 4.78 is 16.2. The molecule has 0 spiro atoms.